The highest BCUT2D eigenvalue weighted by Gasteiger charge is 2.16. The number of nitrogens with zero attached hydrogens (tertiary/aromatic N) is 2. The highest BCUT2D eigenvalue weighted by atomic mass is 79.9. The molecular formula is C24H20BrN3O3. The Kier molecular flexibility index (Phi) is 6.04. The van der Waals surface area contributed by atoms with Gasteiger partial charge in [-0.3, -0.25) is 0 Å². The number of aryl methyl sites for hydroxylation is 1. The lowest BCUT2D eigenvalue weighted by atomic mass is 10.1. The van der Waals surface area contributed by atoms with E-state index in [-0.39, 0.29) is 11.7 Å². The number of anilines is 1. The quantitative estimate of drug-likeness (QED) is 0.360. The van der Waals surface area contributed by atoms with Gasteiger partial charge in [0.2, 0.25) is 5.95 Å². The number of phenolic OH excluding ortho intramolecular Hbond substituents is 1. The number of hydrogen-bond acceptors (Lipinski definition) is 6. The van der Waals surface area contributed by atoms with Crippen molar-refractivity contribution in [3.63, 3.8) is 0 Å². The highest BCUT2D eigenvalue weighted by Crippen LogP contribution is 2.39. The molecule has 0 amide bonds. The van der Waals surface area contributed by atoms with Gasteiger partial charge in [0.25, 0.3) is 0 Å². The molecule has 1 heterocycles. The summed E-state index contributed by atoms with van der Waals surface area (Å²) in [7, 11) is 0. The van der Waals surface area contributed by atoms with Crippen molar-refractivity contribution in [2.24, 2.45) is 0 Å². The summed E-state index contributed by atoms with van der Waals surface area (Å²) in [6.07, 6.45) is 1.48. The zero-order valence-electron chi connectivity index (χ0n) is 16.7. The van der Waals surface area contributed by atoms with E-state index in [0.29, 0.717) is 35.1 Å². The number of para-hydroxylation sites is 1. The number of phenols is 1. The summed E-state index contributed by atoms with van der Waals surface area (Å²) in [6.45, 7) is 2.44. The van der Waals surface area contributed by atoms with Crippen molar-refractivity contribution in [1.29, 1.82) is 0 Å². The van der Waals surface area contributed by atoms with Crippen LogP contribution in [-0.2, 0) is 6.61 Å². The van der Waals surface area contributed by atoms with Gasteiger partial charge in [-0.1, -0.05) is 42.0 Å². The van der Waals surface area contributed by atoms with Gasteiger partial charge in [-0.2, -0.15) is 0 Å². The number of nitrogen functional groups attached to an aromatic ring is 1. The van der Waals surface area contributed by atoms with Gasteiger partial charge in [0.1, 0.15) is 29.5 Å². The first-order valence-corrected chi connectivity index (χ1v) is 10.4. The van der Waals surface area contributed by atoms with Crippen LogP contribution in [0.15, 0.2) is 77.4 Å². The number of nitrogens with two attached hydrogens (primary N) is 1. The molecule has 0 aliphatic carbocycles. The van der Waals surface area contributed by atoms with Crippen molar-refractivity contribution in [3.05, 3.63) is 88.5 Å². The second kappa shape index (κ2) is 9.06. The first-order chi connectivity index (χ1) is 15.0. The van der Waals surface area contributed by atoms with Gasteiger partial charge in [-0.25, -0.2) is 9.97 Å². The zero-order valence-corrected chi connectivity index (χ0v) is 18.3. The van der Waals surface area contributed by atoms with E-state index >= 15 is 0 Å². The Morgan fingerprint density at radius 3 is 2.52 bits per heavy atom. The molecule has 0 aliphatic heterocycles. The summed E-state index contributed by atoms with van der Waals surface area (Å²) in [6, 6.07) is 20.5. The van der Waals surface area contributed by atoms with Crippen molar-refractivity contribution in [3.8, 4) is 34.3 Å². The Morgan fingerprint density at radius 1 is 1.00 bits per heavy atom. The molecule has 0 fully saturated rings. The van der Waals surface area contributed by atoms with E-state index < -0.39 is 0 Å². The molecule has 4 aromatic rings. The van der Waals surface area contributed by atoms with Gasteiger partial charge in [-0.15, -0.1) is 0 Å². The molecule has 0 radical (unpaired) electrons. The molecule has 7 heteroatoms. The molecule has 0 atom stereocenters. The topological polar surface area (TPSA) is 90.5 Å². The van der Waals surface area contributed by atoms with Crippen LogP contribution in [0.5, 0.6) is 23.0 Å². The van der Waals surface area contributed by atoms with Crippen molar-refractivity contribution in [2.45, 2.75) is 13.5 Å². The minimum Gasteiger partial charge on any atom is -0.507 e. The van der Waals surface area contributed by atoms with Crippen LogP contribution < -0.4 is 15.2 Å². The Morgan fingerprint density at radius 2 is 1.77 bits per heavy atom. The summed E-state index contributed by atoms with van der Waals surface area (Å²) in [5.41, 5.74) is 8.87. The molecule has 3 aromatic carbocycles. The predicted molar refractivity (Wildman–Crippen MR) is 123 cm³/mol. The number of ether oxygens (including phenoxy) is 2. The number of hydrogen-bond donors (Lipinski definition) is 2. The average Bonchev–Trinajstić information content (AvgIpc) is 2.76. The number of halogens is 1. The van der Waals surface area contributed by atoms with Gasteiger partial charge in [0.05, 0.1) is 10.7 Å². The third-order valence-electron chi connectivity index (χ3n) is 4.58. The van der Waals surface area contributed by atoms with E-state index in [4.69, 9.17) is 15.2 Å². The smallest absolute Gasteiger partial charge is 0.220 e. The third-order valence-corrected chi connectivity index (χ3v) is 5.24. The number of rotatable bonds is 6. The lowest BCUT2D eigenvalue weighted by Gasteiger charge is -2.14. The summed E-state index contributed by atoms with van der Waals surface area (Å²) in [5, 5.41) is 10.7. The lowest BCUT2D eigenvalue weighted by molar-refractivity contribution is 0.304. The fraction of sp³-hybridized carbons (Fsp3) is 0.0833. The van der Waals surface area contributed by atoms with E-state index in [9.17, 15) is 5.11 Å². The SMILES string of the molecule is Cc1ccc(COc2ccc(-c3nc(N)ncc3Oc3ccccc3Br)c(O)c2)cc1. The van der Waals surface area contributed by atoms with Gasteiger partial charge in [0.15, 0.2) is 5.75 Å². The molecule has 4 rings (SSSR count). The molecule has 156 valence electrons. The molecule has 0 bridgehead atoms. The average molecular weight is 478 g/mol. The van der Waals surface area contributed by atoms with Gasteiger partial charge in [-0.05, 0) is 52.7 Å². The van der Waals surface area contributed by atoms with E-state index in [1.165, 1.54) is 11.8 Å². The summed E-state index contributed by atoms with van der Waals surface area (Å²) < 4.78 is 12.6. The van der Waals surface area contributed by atoms with Crippen LogP contribution in [-0.4, -0.2) is 15.1 Å². The largest absolute Gasteiger partial charge is 0.507 e. The molecule has 0 unspecified atom stereocenters. The van der Waals surface area contributed by atoms with Crippen LogP contribution in [0.1, 0.15) is 11.1 Å². The number of aromatic hydroxyl groups is 1. The van der Waals surface area contributed by atoms with Crippen LogP contribution in [0.2, 0.25) is 0 Å². The first kappa shape index (κ1) is 20.7. The fourth-order valence-corrected chi connectivity index (χ4v) is 3.32. The second-order valence-corrected chi connectivity index (χ2v) is 7.78. The van der Waals surface area contributed by atoms with Crippen LogP contribution in [0, 0.1) is 6.92 Å². The van der Waals surface area contributed by atoms with Crippen molar-refractivity contribution >= 4 is 21.9 Å². The monoisotopic (exact) mass is 477 g/mol. The van der Waals surface area contributed by atoms with E-state index in [1.807, 2.05) is 55.5 Å². The van der Waals surface area contributed by atoms with E-state index in [0.717, 1.165) is 10.0 Å². The Balaban J connectivity index is 1.59. The highest BCUT2D eigenvalue weighted by molar-refractivity contribution is 9.10. The Bertz CT molecular complexity index is 1210. The van der Waals surface area contributed by atoms with Crippen molar-refractivity contribution < 1.29 is 14.6 Å². The standard InChI is InChI=1S/C24H20BrN3O3/c1-15-6-8-16(9-7-15)14-30-17-10-11-18(20(29)12-17)23-22(13-27-24(26)28-23)31-21-5-3-2-4-19(21)25/h2-13,29H,14H2,1H3,(H2,26,27,28). The van der Waals surface area contributed by atoms with Crippen LogP contribution in [0.4, 0.5) is 5.95 Å². The summed E-state index contributed by atoms with van der Waals surface area (Å²) in [5.74, 6) is 1.57. The van der Waals surface area contributed by atoms with Gasteiger partial charge in [0, 0.05) is 11.6 Å². The maximum absolute atomic E-state index is 10.7. The molecule has 1 aromatic heterocycles. The summed E-state index contributed by atoms with van der Waals surface area (Å²) in [4.78, 5) is 8.31. The molecule has 0 saturated carbocycles. The minimum atomic E-state index is -0.00326. The molecule has 0 aliphatic rings. The van der Waals surface area contributed by atoms with Gasteiger partial charge >= 0.3 is 0 Å². The molecule has 0 saturated heterocycles. The maximum Gasteiger partial charge on any atom is 0.220 e. The van der Waals surface area contributed by atoms with Crippen LogP contribution in [0.25, 0.3) is 11.3 Å². The molecule has 31 heavy (non-hydrogen) atoms. The molecular weight excluding hydrogens is 458 g/mol. The van der Waals surface area contributed by atoms with Crippen LogP contribution >= 0.6 is 15.9 Å². The van der Waals surface area contributed by atoms with Crippen molar-refractivity contribution in [2.75, 3.05) is 5.73 Å². The van der Waals surface area contributed by atoms with Crippen LogP contribution in [0.3, 0.4) is 0 Å². The first-order valence-electron chi connectivity index (χ1n) is 9.56. The lowest BCUT2D eigenvalue weighted by Crippen LogP contribution is -2.00. The second-order valence-electron chi connectivity index (χ2n) is 6.93. The molecule has 3 N–H and O–H groups in total. The minimum absolute atomic E-state index is 0.00326. The van der Waals surface area contributed by atoms with E-state index in [1.54, 1.807) is 18.2 Å². The van der Waals surface area contributed by atoms with E-state index in [2.05, 4.69) is 25.9 Å². The molecule has 0 spiro atoms. The predicted octanol–water partition coefficient (Wildman–Crippen LogP) is 5.87. The third kappa shape index (κ3) is 4.95. The fourth-order valence-electron chi connectivity index (χ4n) is 2.95. The summed E-state index contributed by atoms with van der Waals surface area (Å²) >= 11 is 3.46. The normalized spacial score (nSPS) is 10.6. The van der Waals surface area contributed by atoms with Gasteiger partial charge < -0.3 is 20.3 Å². The number of aromatic nitrogens is 2. The Labute approximate surface area is 188 Å². The Hall–Kier alpha value is -3.58. The molecule has 6 nitrogen and oxygen atoms in total. The zero-order chi connectivity index (χ0) is 21.8. The van der Waals surface area contributed by atoms with Crippen molar-refractivity contribution in [1.82, 2.24) is 9.97 Å². The maximum atomic E-state index is 10.7. The number of benzene rings is 3.